The number of fused-ring (bicyclic) bond motifs is 1. The van der Waals surface area contributed by atoms with Gasteiger partial charge in [-0.3, -0.25) is 4.79 Å². The van der Waals surface area contributed by atoms with Crippen molar-refractivity contribution in [2.75, 3.05) is 19.8 Å². The van der Waals surface area contributed by atoms with Gasteiger partial charge < -0.3 is 23.5 Å². The van der Waals surface area contributed by atoms with Crippen LogP contribution in [-0.2, 0) is 18.8 Å². The average molecular weight is 362 g/mol. The molecule has 0 aromatic heterocycles. The topological polar surface area (TPSA) is 63.2 Å². The minimum atomic E-state index is -0.549. The Morgan fingerprint density at radius 3 is 2.35 bits per heavy atom. The van der Waals surface area contributed by atoms with E-state index in [1.807, 2.05) is 45.9 Å². The first-order valence-electron chi connectivity index (χ1n) is 9.14. The molecule has 0 bridgehead atoms. The highest BCUT2D eigenvalue weighted by Gasteiger charge is 2.54. The third-order valence-electron chi connectivity index (χ3n) is 5.29. The Kier molecular flexibility index (Phi) is 5.22. The van der Waals surface area contributed by atoms with Crippen LogP contribution in [0.2, 0.25) is 0 Å². The summed E-state index contributed by atoms with van der Waals surface area (Å²) in [4.78, 5) is 12.2. The minimum absolute atomic E-state index is 0.171. The van der Waals surface area contributed by atoms with Gasteiger partial charge in [0.25, 0.3) is 0 Å². The minimum Gasteiger partial charge on any atom is -0.486 e. The molecule has 1 aromatic carbocycles. The Labute approximate surface area is 155 Å². The summed E-state index contributed by atoms with van der Waals surface area (Å²) in [7, 11) is -0.549. The van der Waals surface area contributed by atoms with Crippen LogP contribution in [0.4, 0.5) is 0 Å². The van der Waals surface area contributed by atoms with Crippen molar-refractivity contribution in [1.29, 1.82) is 0 Å². The number of benzene rings is 1. The van der Waals surface area contributed by atoms with Crippen molar-refractivity contribution in [3.05, 3.63) is 23.8 Å². The first kappa shape index (κ1) is 19.0. The van der Waals surface area contributed by atoms with E-state index in [2.05, 4.69) is 0 Å². The van der Waals surface area contributed by atoms with Crippen LogP contribution < -0.4 is 9.47 Å². The lowest BCUT2D eigenvalue weighted by atomic mass is 9.66. The second-order valence-electron chi connectivity index (χ2n) is 7.64. The van der Waals surface area contributed by atoms with Gasteiger partial charge in [0.1, 0.15) is 13.2 Å². The standard InChI is InChI=1S/C19H27BO6/c1-6-22-17(21)12-14(20-25-18(2,3)19(4,5)26-20)13-7-8-15-16(11-13)24-10-9-23-15/h7-8,11,14H,6,9-10,12H2,1-5H3. The SMILES string of the molecule is CCOC(=O)CC(B1OC(C)(C)C(C)(C)O1)c1ccc2c(c1)OCCO2. The summed E-state index contributed by atoms with van der Waals surface area (Å²) < 4.78 is 28.8. The molecule has 2 heterocycles. The number of ether oxygens (including phenoxy) is 3. The number of carbonyl (C=O) groups is 1. The first-order valence-corrected chi connectivity index (χ1v) is 9.14. The van der Waals surface area contributed by atoms with E-state index in [4.69, 9.17) is 23.5 Å². The summed E-state index contributed by atoms with van der Waals surface area (Å²) >= 11 is 0. The van der Waals surface area contributed by atoms with Gasteiger partial charge in [0.15, 0.2) is 11.5 Å². The normalized spacial score (nSPS) is 21.3. The highest BCUT2D eigenvalue weighted by atomic mass is 16.7. The van der Waals surface area contributed by atoms with Gasteiger partial charge in [0.2, 0.25) is 0 Å². The van der Waals surface area contributed by atoms with Gasteiger partial charge in [-0.1, -0.05) is 6.07 Å². The molecule has 6 nitrogen and oxygen atoms in total. The van der Waals surface area contributed by atoms with E-state index in [0.717, 1.165) is 5.56 Å². The molecule has 1 fully saturated rings. The van der Waals surface area contributed by atoms with Gasteiger partial charge in [-0.05, 0) is 52.3 Å². The summed E-state index contributed by atoms with van der Waals surface area (Å²) in [5.74, 6) is 0.816. The quantitative estimate of drug-likeness (QED) is 0.592. The van der Waals surface area contributed by atoms with E-state index in [9.17, 15) is 4.79 Å². The second-order valence-corrected chi connectivity index (χ2v) is 7.64. The Bertz CT molecular complexity index is 656. The predicted octanol–water partition coefficient (Wildman–Crippen LogP) is 3.13. The lowest BCUT2D eigenvalue weighted by Crippen LogP contribution is -2.41. The highest BCUT2D eigenvalue weighted by Crippen LogP contribution is 2.43. The Morgan fingerprint density at radius 1 is 1.12 bits per heavy atom. The Hall–Kier alpha value is -1.73. The molecule has 7 heteroatoms. The van der Waals surface area contributed by atoms with Crippen molar-refractivity contribution < 1.29 is 28.3 Å². The van der Waals surface area contributed by atoms with Crippen molar-refractivity contribution in [1.82, 2.24) is 0 Å². The molecule has 0 spiro atoms. The van der Waals surface area contributed by atoms with Gasteiger partial charge in [0, 0.05) is 5.82 Å². The predicted molar refractivity (Wildman–Crippen MR) is 97.5 cm³/mol. The Balaban J connectivity index is 1.90. The molecule has 3 rings (SSSR count). The molecular weight excluding hydrogens is 335 g/mol. The van der Waals surface area contributed by atoms with Crippen LogP contribution in [0.5, 0.6) is 11.5 Å². The molecule has 0 aliphatic carbocycles. The molecule has 142 valence electrons. The lowest BCUT2D eigenvalue weighted by molar-refractivity contribution is -0.143. The fourth-order valence-corrected chi connectivity index (χ4v) is 3.11. The first-order chi connectivity index (χ1) is 12.2. The van der Waals surface area contributed by atoms with Crippen molar-refractivity contribution in [2.24, 2.45) is 0 Å². The van der Waals surface area contributed by atoms with Crippen LogP contribution in [0.3, 0.4) is 0 Å². The fraction of sp³-hybridized carbons (Fsp3) is 0.632. The molecule has 0 saturated carbocycles. The second kappa shape index (κ2) is 7.12. The Morgan fingerprint density at radius 2 is 1.73 bits per heavy atom. The zero-order valence-electron chi connectivity index (χ0n) is 16.2. The van der Waals surface area contributed by atoms with E-state index in [0.29, 0.717) is 31.3 Å². The van der Waals surface area contributed by atoms with Crippen molar-refractivity contribution in [3.63, 3.8) is 0 Å². The number of hydrogen-bond donors (Lipinski definition) is 0. The van der Waals surface area contributed by atoms with E-state index < -0.39 is 18.3 Å². The number of rotatable bonds is 5. The summed E-state index contributed by atoms with van der Waals surface area (Å²) in [6, 6.07) is 5.71. The molecule has 26 heavy (non-hydrogen) atoms. The zero-order chi connectivity index (χ0) is 18.9. The van der Waals surface area contributed by atoms with Crippen LogP contribution >= 0.6 is 0 Å². The molecule has 0 amide bonds. The van der Waals surface area contributed by atoms with Crippen LogP contribution in [-0.4, -0.2) is 44.1 Å². The van der Waals surface area contributed by atoms with Gasteiger partial charge >= 0.3 is 13.1 Å². The molecule has 2 aliphatic rings. The molecule has 1 saturated heterocycles. The fourth-order valence-electron chi connectivity index (χ4n) is 3.11. The third-order valence-corrected chi connectivity index (χ3v) is 5.29. The van der Waals surface area contributed by atoms with Crippen molar-refractivity contribution in [3.8, 4) is 11.5 Å². The molecular formula is C19H27BO6. The zero-order valence-corrected chi connectivity index (χ0v) is 16.2. The summed E-state index contributed by atoms with van der Waals surface area (Å²) in [5.41, 5.74) is -0.0441. The molecule has 0 radical (unpaired) electrons. The van der Waals surface area contributed by atoms with Crippen LogP contribution in [0, 0.1) is 0 Å². The molecule has 0 N–H and O–H groups in total. The molecule has 1 aromatic rings. The summed E-state index contributed by atoms with van der Waals surface area (Å²) in [6.07, 6.45) is 0.171. The van der Waals surface area contributed by atoms with Gasteiger partial charge in [0.05, 0.1) is 24.2 Å². The van der Waals surface area contributed by atoms with E-state index in [1.165, 1.54) is 0 Å². The van der Waals surface area contributed by atoms with Crippen LogP contribution in [0.1, 0.15) is 52.4 Å². The number of hydrogen-bond acceptors (Lipinski definition) is 6. The van der Waals surface area contributed by atoms with Crippen LogP contribution in [0.25, 0.3) is 0 Å². The smallest absolute Gasteiger partial charge is 0.466 e. The van der Waals surface area contributed by atoms with E-state index in [-0.39, 0.29) is 18.2 Å². The highest BCUT2D eigenvalue weighted by molar-refractivity contribution is 6.48. The van der Waals surface area contributed by atoms with Crippen molar-refractivity contribution >= 4 is 13.1 Å². The van der Waals surface area contributed by atoms with Gasteiger partial charge in [-0.2, -0.15) is 0 Å². The maximum atomic E-state index is 12.2. The monoisotopic (exact) mass is 362 g/mol. The van der Waals surface area contributed by atoms with E-state index in [1.54, 1.807) is 6.92 Å². The molecule has 2 aliphatic heterocycles. The maximum Gasteiger partial charge on any atom is 0.466 e. The summed E-state index contributed by atoms with van der Waals surface area (Å²) in [5, 5.41) is 0. The lowest BCUT2D eigenvalue weighted by Gasteiger charge is -2.32. The van der Waals surface area contributed by atoms with Crippen LogP contribution in [0.15, 0.2) is 18.2 Å². The average Bonchev–Trinajstić information content (AvgIpc) is 2.80. The number of esters is 1. The largest absolute Gasteiger partial charge is 0.486 e. The maximum absolute atomic E-state index is 12.2. The molecule has 1 atom stereocenters. The van der Waals surface area contributed by atoms with Gasteiger partial charge in [-0.25, -0.2) is 0 Å². The summed E-state index contributed by atoms with van der Waals surface area (Å²) in [6.45, 7) is 11.2. The van der Waals surface area contributed by atoms with E-state index >= 15 is 0 Å². The molecule has 1 unspecified atom stereocenters. The van der Waals surface area contributed by atoms with Gasteiger partial charge in [-0.15, -0.1) is 0 Å². The van der Waals surface area contributed by atoms with Crippen molar-refractivity contribution in [2.45, 2.75) is 58.1 Å². The number of carbonyl (C=O) groups excluding carboxylic acids is 1. The third kappa shape index (κ3) is 3.69.